The molecule has 8 heteroatoms. The highest BCUT2D eigenvalue weighted by Crippen LogP contribution is 2.66. The van der Waals surface area contributed by atoms with E-state index in [9.17, 15) is 19.5 Å². The Balaban J connectivity index is 1.89. The number of nitrogens with zero attached hydrogens (tertiary/aromatic N) is 3. The predicted octanol–water partition coefficient (Wildman–Crippen LogP) is 3.80. The number of aliphatic hydroxyl groups is 1. The van der Waals surface area contributed by atoms with Crippen molar-refractivity contribution in [1.29, 1.82) is 0 Å². The molecule has 0 radical (unpaired) electrons. The van der Waals surface area contributed by atoms with E-state index in [1.165, 1.54) is 0 Å². The molecule has 3 heterocycles. The van der Waals surface area contributed by atoms with Gasteiger partial charge in [-0.15, -0.1) is 13.2 Å². The molecule has 3 aliphatic rings. The number of carbonyl (C=O) groups excluding carboxylic acids is 3. The predicted molar refractivity (Wildman–Crippen MR) is 155 cm³/mol. The second kappa shape index (κ2) is 10.8. The Bertz CT molecular complexity index is 1160. The molecule has 1 N–H and O–H groups in total. The zero-order chi connectivity index (χ0) is 29.6. The van der Waals surface area contributed by atoms with E-state index in [4.69, 9.17) is 4.74 Å². The number of benzene rings is 1. The van der Waals surface area contributed by atoms with Crippen LogP contribution in [0.2, 0.25) is 0 Å². The molecule has 3 saturated heterocycles. The van der Waals surface area contributed by atoms with Crippen molar-refractivity contribution < 1.29 is 24.2 Å². The van der Waals surface area contributed by atoms with Gasteiger partial charge in [-0.1, -0.05) is 44.2 Å². The van der Waals surface area contributed by atoms with E-state index >= 15 is 0 Å². The molecule has 3 aliphatic heterocycles. The molecule has 1 aromatic carbocycles. The van der Waals surface area contributed by atoms with Gasteiger partial charge in [0.2, 0.25) is 17.7 Å². The van der Waals surface area contributed by atoms with Crippen molar-refractivity contribution in [3.63, 3.8) is 0 Å². The van der Waals surface area contributed by atoms with Gasteiger partial charge in [-0.05, 0) is 58.6 Å². The third-order valence-electron chi connectivity index (χ3n) is 9.36. The maximum atomic E-state index is 14.6. The highest BCUT2D eigenvalue weighted by Gasteiger charge is 2.80. The average molecular weight is 552 g/mol. The lowest BCUT2D eigenvalue weighted by Crippen LogP contribution is -2.61. The van der Waals surface area contributed by atoms with Gasteiger partial charge >= 0.3 is 0 Å². The van der Waals surface area contributed by atoms with Crippen LogP contribution in [0.3, 0.4) is 0 Å². The van der Waals surface area contributed by atoms with Crippen molar-refractivity contribution in [3.8, 4) is 0 Å². The number of fused-ring (bicyclic) bond motifs is 1. The molecular weight excluding hydrogens is 506 g/mol. The van der Waals surface area contributed by atoms with Crippen molar-refractivity contribution in [2.45, 2.75) is 83.2 Å². The quantitative estimate of drug-likeness (QED) is 0.447. The summed E-state index contributed by atoms with van der Waals surface area (Å²) in [5.74, 6) is -2.50. The Morgan fingerprint density at radius 1 is 1.18 bits per heavy atom. The molecule has 8 nitrogen and oxygen atoms in total. The summed E-state index contributed by atoms with van der Waals surface area (Å²) in [5.41, 5.74) is -1.97. The van der Waals surface area contributed by atoms with Crippen LogP contribution in [-0.2, 0) is 19.1 Å². The molecule has 0 aromatic heterocycles. The molecule has 0 aliphatic carbocycles. The second-order valence-electron chi connectivity index (χ2n) is 12.7. The Labute approximate surface area is 238 Å². The van der Waals surface area contributed by atoms with E-state index in [-0.39, 0.29) is 36.8 Å². The smallest absolute Gasteiger partial charge is 0.249 e. The van der Waals surface area contributed by atoms with Gasteiger partial charge < -0.3 is 24.5 Å². The van der Waals surface area contributed by atoms with Crippen LogP contribution in [0.25, 0.3) is 0 Å². The largest absolute Gasteiger partial charge is 0.394 e. The summed E-state index contributed by atoms with van der Waals surface area (Å²) >= 11 is 0. The number of ether oxygens (including phenoxy) is 1. The van der Waals surface area contributed by atoms with Gasteiger partial charge in [0.1, 0.15) is 11.6 Å². The van der Waals surface area contributed by atoms with Gasteiger partial charge in [-0.25, -0.2) is 0 Å². The molecule has 7 atom stereocenters. The van der Waals surface area contributed by atoms with E-state index in [0.717, 1.165) is 0 Å². The fraction of sp³-hybridized carbons (Fsp3) is 0.594. The minimum absolute atomic E-state index is 0.0844. The fourth-order valence-corrected chi connectivity index (χ4v) is 7.34. The summed E-state index contributed by atoms with van der Waals surface area (Å²) in [6, 6.07) is 7.81. The Morgan fingerprint density at radius 3 is 2.33 bits per heavy atom. The number of likely N-dealkylation sites (tertiary alicyclic amines) is 1. The number of anilines is 1. The van der Waals surface area contributed by atoms with E-state index in [1.807, 2.05) is 71.9 Å². The molecule has 218 valence electrons. The number of para-hydroxylation sites is 1. The van der Waals surface area contributed by atoms with E-state index in [1.54, 1.807) is 26.9 Å². The first-order chi connectivity index (χ1) is 18.8. The van der Waals surface area contributed by atoms with Crippen molar-refractivity contribution in [2.75, 3.05) is 24.6 Å². The molecule has 40 heavy (non-hydrogen) atoms. The van der Waals surface area contributed by atoms with Crippen LogP contribution >= 0.6 is 0 Å². The molecule has 3 amide bonds. The Hall–Kier alpha value is -2.97. The summed E-state index contributed by atoms with van der Waals surface area (Å²) < 4.78 is 6.91. The first-order valence-corrected chi connectivity index (χ1v) is 14.4. The van der Waals surface area contributed by atoms with Crippen LogP contribution in [0.15, 0.2) is 55.6 Å². The topological polar surface area (TPSA) is 90.4 Å². The van der Waals surface area contributed by atoms with Crippen molar-refractivity contribution in [1.82, 2.24) is 9.80 Å². The van der Waals surface area contributed by atoms with Crippen molar-refractivity contribution in [3.05, 3.63) is 55.6 Å². The monoisotopic (exact) mass is 551 g/mol. The lowest BCUT2D eigenvalue weighted by molar-refractivity contribution is -0.158. The average Bonchev–Trinajstić information content (AvgIpc) is 3.42. The summed E-state index contributed by atoms with van der Waals surface area (Å²) in [7, 11) is 0. The maximum Gasteiger partial charge on any atom is 0.249 e. The van der Waals surface area contributed by atoms with Crippen LogP contribution in [-0.4, -0.2) is 81.1 Å². The van der Waals surface area contributed by atoms with Crippen LogP contribution < -0.4 is 4.90 Å². The lowest BCUT2D eigenvalue weighted by atomic mass is 9.62. The number of rotatable bonds is 10. The molecule has 1 spiro atoms. The summed E-state index contributed by atoms with van der Waals surface area (Å²) in [5, 5.41) is 10.4. The van der Waals surface area contributed by atoms with Crippen LogP contribution in [0.1, 0.15) is 54.4 Å². The number of amides is 3. The summed E-state index contributed by atoms with van der Waals surface area (Å²) in [4.78, 5) is 48.5. The zero-order valence-corrected chi connectivity index (χ0v) is 24.8. The highest BCUT2D eigenvalue weighted by molar-refractivity contribution is 6.03. The lowest BCUT2D eigenvalue weighted by Gasteiger charge is -2.43. The van der Waals surface area contributed by atoms with Gasteiger partial charge in [0.15, 0.2) is 0 Å². The number of carbonyl (C=O) groups is 3. The van der Waals surface area contributed by atoms with E-state index in [2.05, 4.69) is 13.2 Å². The number of hydrogen-bond acceptors (Lipinski definition) is 5. The van der Waals surface area contributed by atoms with Crippen LogP contribution in [0, 0.1) is 17.8 Å². The molecule has 1 aromatic rings. The fourth-order valence-electron chi connectivity index (χ4n) is 7.34. The minimum atomic E-state index is -1.19. The minimum Gasteiger partial charge on any atom is -0.394 e. The first-order valence-electron chi connectivity index (χ1n) is 14.4. The Morgan fingerprint density at radius 2 is 1.80 bits per heavy atom. The Kier molecular flexibility index (Phi) is 8.09. The second-order valence-corrected chi connectivity index (χ2v) is 12.7. The molecule has 4 rings (SSSR count). The van der Waals surface area contributed by atoms with Crippen molar-refractivity contribution >= 4 is 23.4 Å². The van der Waals surface area contributed by atoms with Gasteiger partial charge in [-0.3, -0.25) is 14.4 Å². The van der Waals surface area contributed by atoms with E-state index < -0.39 is 40.7 Å². The molecule has 3 fully saturated rings. The summed E-state index contributed by atoms with van der Waals surface area (Å²) in [6.45, 7) is 19.7. The number of hydrogen-bond donors (Lipinski definition) is 1. The molecular formula is C32H45N3O5. The van der Waals surface area contributed by atoms with Crippen LogP contribution in [0.5, 0.6) is 0 Å². The standard InChI is InChI=1S/C32H45N3O5/c1-9-17-33(23-15-13-12-14-16-23)27(37)24-25-28(38)35(22(11-3)20-36)26(29(39)34(18-10-2)30(5,6)7)32(25)19-21(4)31(24,8)40-32/h9-10,12-16,21-22,24-26,36H,1-2,11,17-20H2,3-8H3/t21?,22-,24-,25-,26?,31+,32?/m0/s1. The van der Waals surface area contributed by atoms with Gasteiger partial charge in [0.25, 0.3) is 0 Å². The van der Waals surface area contributed by atoms with Gasteiger partial charge in [-0.2, -0.15) is 0 Å². The van der Waals surface area contributed by atoms with E-state index in [0.29, 0.717) is 25.1 Å². The van der Waals surface area contributed by atoms with Crippen molar-refractivity contribution in [2.24, 2.45) is 17.8 Å². The van der Waals surface area contributed by atoms with Crippen LogP contribution in [0.4, 0.5) is 5.69 Å². The summed E-state index contributed by atoms with van der Waals surface area (Å²) in [6.07, 6.45) is 4.28. The highest BCUT2D eigenvalue weighted by atomic mass is 16.5. The maximum absolute atomic E-state index is 14.6. The normalized spacial score (nSPS) is 31.6. The molecule has 3 unspecified atom stereocenters. The van der Waals surface area contributed by atoms with Gasteiger partial charge in [0, 0.05) is 24.3 Å². The third-order valence-corrected chi connectivity index (χ3v) is 9.36. The SMILES string of the molecule is C=CCN(C(=O)[C@@H]1[C@H]2C(=O)N([C@@H](CC)CO)C(C(=O)N(CC=C)C(C)(C)C)C23CC(C)[C@@]1(C)O3)c1ccccc1. The first kappa shape index (κ1) is 30.0. The molecule has 2 bridgehead atoms. The third kappa shape index (κ3) is 4.40. The van der Waals surface area contributed by atoms with Gasteiger partial charge in [0.05, 0.1) is 30.1 Å². The number of aliphatic hydroxyl groups excluding tert-OH is 1. The zero-order valence-electron chi connectivity index (χ0n) is 24.8. The molecule has 0 saturated carbocycles.